The monoisotopic (exact) mass is 190 g/mol. The van der Waals surface area contributed by atoms with Crippen molar-refractivity contribution in [2.24, 2.45) is 0 Å². The predicted molar refractivity (Wildman–Crippen MR) is 52.8 cm³/mol. The Balaban J connectivity index is 3.46. The summed E-state index contributed by atoms with van der Waals surface area (Å²) < 4.78 is 10.3. The van der Waals surface area contributed by atoms with Crippen molar-refractivity contribution in [2.45, 2.75) is 45.3 Å². The Labute approximate surface area is 81.0 Å². The summed E-state index contributed by atoms with van der Waals surface area (Å²) in [4.78, 5) is 0. The SMILES string of the molecule is CCCC(CC)OCC(O)COC. The smallest absolute Gasteiger partial charge is 0.101 e. The lowest BCUT2D eigenvalue weighted by Gasteiger charge is -2.17. The van der Waals surface area contributed by atoms with E-state index in [1.54, 1.807) is 7.11 Å². The fraction of sp³-hybridized carbons (Fsp3) is 1.00. The summed E-state index contributed by atoms with van der Waals surface area (Å²) in [5.41, 5.74) is 0. The third-order valence-electron chi connectivity index (χ3n) is 1.95. The molecule has 13 heavy (non-hydrogen) atoms. The van der Waals surface area contributed by atoms with Crippen molar-refractivity contribution in [3.05, 3.63) is 0 Å². The molecule has 0 aromatic rings. The van der Waals surface area contributed by atoms with Gasteiger partial charge in [-0.15, -0.1) is 0 Å². The standard InChI is InChI=1S/C10H22O3/c1-4-6-10(5-2)13-8-9(11)7-12-3/h9-11H,4-8H2,1-3H3. The molecule has 2 atom stereocenters. The van der Waals surface area contributed by atoms with Crippen molar-refractivity contribution >= 4 is 0 Å². The first-order valence-corrected chi connectivity index (χ1v) is 5.03. The first-order valence-electron chi connectivity index (χ1n) is 5.03. The third-order valence-corrected chi connectivity index (χ3v) is 1.95. The van der Waals surface area contributed by atoms with Crippen LogP contribution in [0.1, 0.15) is 33.1 Å². The molecule has 0 saturated heterocycles. The van der Waals surface area contributed by atoms with Crippen LogP contribution in [0, 0.1) is 0 Å². The fourth-order valence-electron chi connectivity index (χ4n) is 1.21. The van der Waals surface area contributed by atoms with E-state index >= 15 is 0 Å². The van der Waals surface area contributed by atoms with Gasteiger partial charge in [0.15, 0.2) is 0 Å². The van der Waals surface area contributed by atoms with Gasteiger partial charge in [0.25, 0.3) is 0 Å². The van der Waals surface area contributed by atoms with E-state index in [1.807, 2.05) is 0 Å². The molecule has 0 fully saturated rings. The lowest BCUT2D eigenvalue weighted by molar-refractivity contribution is -0.0394. The van der Waals surface area contributed by atoms with Crippen molar-refractivity contribution in [1.29, 1.82) is 0 Å². The van der Waals surface area contributed by atoms with Gasteiger partial charge in [-0.25, -0.2) is 0 Å². The van der Waals surface area contributed by atoms with Crippen LogP contribution in [0.15, 0.2) is 0 Å². The zero-order valence-corrected chi connectivity index (χ0v) is 8.95. The van der Waals surface area contributed by atoms with E-state index < -0.39 is 6.10 Å². The van der Waals surface area contributed by atoms with Gasteiger partial charge in [-0.2, -0.15) is 0 Å². The Kier molecular flexibility index (Phi) is 8.40. The second kappa shape index (κ2) is 8.48. The van der Waals surface area contributed by atoms with Crippen LogP contribution >= 0.6 is 0 Å². The highest BCUT2D eigenvalue weighted by molar-refractivity contribution is 4.57. The minimum atomic E-state index is -0.490. The molecule has 1 N–H and O–H groups in total. The second-order valence-corrected chi connectivity index (χ2v) is 3.26. The maximum Gasteiger partial charge on any atom is 0.101 e. The van der Waals surface area contributed by atoms with E-state index in [9.17, 15) is 5.11 Å². The highest BCUT2D eigenvalue weighted by atomic mass is 16.5. The molecule has 0 radical (unpaired) electrons. The fourth-order valence-corrected chi connectivity index (χ4v) is 1.21. The highest BCUT2D eigenvalue weighted by Gasteiger charge is 2.09. The van der Waals surface area contributed by atoms with E-state index in [-0.39, 0.29) is 6.10 Å². The van der Waals surface area contributed by atoms with E-state index in [4.69, 9.17) is 9.47 Å². The van der Waals surface area contributed by atoms with E-state index in [0.29, 0.717) is 13.2 Å². The Morgan fingerprint density at radius 3 is 2.38 bits per heavy atom. The first kappa shape index (κ1) is 12.9. The molecule has 0 saturated carbocycles. The third kappa shape index (κ3) is 6.99. The maximum atomic E-state index is 9.31. The number of methoxy groups -OCH3 is 1. The Morgan fingerprint density at radius 2 is 1.92 bits per heavy atom. The summed E-state index contributed by atoms with van der Waals surface area (Å²) in [5, 5.41) is 9.31. The lowest BCUT2D eigenvalue weighted by Crippen LogP contribution is -2.24. The average Bonchev–Trinajstić information content (AvgIpc) is 2.12. The minimum absolute atomic E-state index is 0.288. The molecular weight excluding hydrogens is 168 g/mol. The number of rotatable bonds is 8. The van der Waals surface area contributed by atoms with Crippen LogP contribution in [0.25, 0.3) is 0 Å². The van der Waals surface area contributed by atoms with E-state index in [2.05, 4.69) is 13.8 Å². The minimum Gasteiger partial charge on any atom is -0.388 e. The number of hydrogen-bond acceptors (Lipinski definition) is 3. The first-order chi connectivity index (χ1) is 6.24. The average molecular weight is 190 g/mol. The van der Waals surface area contributed by atoms with Crippen molar-refractivity contribution in [1.82, 2.24) is 0 Å². The Morgan fingerprint density at radius 1 is 1.23 bits per heavy atom. The van der Waals surface area contributed by atoms with Crippen LogP contribution in [0.3, 0.4) is 0 Å². The van der Waals surface area contributed by atoms with Crippen molar-refractivity contribution < 1.29 is 14.6 Å². The van der Waals surface area contributed by atoms with Crippen molar-refractivity contribution in [3.63, 3.8) is 0 Å². The molecule has 3 heteroatoms. The summed E-state index contributed by atoms with van der Waals surface area (Å²) in [6, 6.07) is 0. The quantitative estimate of drug-likeness (QED) is 0.631. The largest absolute Gasteiger partial charge is 0.388 e. The molecule has 0 heterocycles. The normalized spacial score (nSPS) is 15.7. The van der Waals surface area contributed by atoms with Gasteiger partial charge >= 0.3 is 0 Å². The number of hydrogen-bond donors (Lipinski definition) is 1. The summed E-state index contributed by atoms with van der Waals surface area (Å²) >= 11 is 0. The van der Waals surface area contributed by atoms with Crippen molar-refractivity contribution in [3.8, 4) is 0 Å². The predicted octanol–water partition coefficient (Wildman–Crippen LogP) is 1.59. The van der Waals surface area contributed by atoms with Crippen LogP contribution < -0.4 is 0 Å². The molecule has 0 spiro atoms. The van der Waals surface area contributed by atoms with E-state index in [0.717, 1.165) is 19.3 Å². The lowest BCUT2D eigenvalue weighted by atomic mass is 10.1. The van der Waals surface area contributed by atoms with Crippen LogP contribution in [0.5, 0.6) is 0 Å². The topological polar surface area (TPSA) is 38.7 Å². The molecule has 80 valence electrons. The van der Waals surface area contributed by atoms with Crippen LogP contribution in [0.4, 0.5) is 0 Å². The zero-order valence-electron chi connectivity index (χ0n) is 8.95. The van der Waals surface area contributed by atoms with Gasteiger partial charge in [-0.05, 0) is 12.8 Å². The van der Waals surface area contributed by atoms with Gasteiger partial charge in [-0.1, -0.05) is 20.3 Å². The Bertz CT molecular complexity index is 106. The highest BCUT2D eigenvalue weighted by Crippen LogP contribution is 2.06. The second-order valence-electron chi connectivity index (χ2n) is 3.26. The van der Waals surface area contributed by atoms with E-state index in [1.165, 1.54) is 0 Å². The summed E-state index contributed by atoms with van der Waals surface area (Å²) in [6.07, 6.45) is 3.00. The molecule has 0 rings (SSSR count). The number of ether oxygens (including phenoxy) is 2. The van der Waals surface area contributed by atoms with Gasteiger partial charge in [0.05, 0.1) is 19.3 Å². The molecule has 0 aliphatic rings. The molecule has 2 unspecified atom stereocenters. The van der Waals surface area contributed by atoms with Gasteiger partial charge in [-0.3, -0.25) is 0 Å². The maximum absolute atomic E-state index is 9.31. The van der Waals surface area contributed by atoms with Gasteiger partial charge in [0, 0.05) is 7.11 Å². The molecule has 0 aliphatic carbocycles. The molecular formula is C10H22O3. The van der Waals surface area contributed by atoms with Gasteiger partial charge < -0.3 is 14.6 Å². The molecule has 0 aromatic carbocycles. The molecule has 0 aromatic heterocycles. The summed E-state index contributed by atoms with van der Waals surface area (Å²) in [5.74, 6) is 0. The van der Waals surface area contributed by atoms with Crippen LogP contribution in [-0.4, -0.2) is 37.6 Å². The molecule has 3 nitrogen and oxygen atoms in total. The number of aliphatic hydroxyl groups excluding tert-OH is 1. The molecule has 0 amide bonds. The zero-order chi connectivity index (χ0) is 10.1. The summed E-state index contributed by atoms with van der Waals surface area (Å²) in [6.45, 7) is 4.97. The molecule has 0 bridgehead atoms. The number of aliphatic hydroxyl groups is 1. The van der Waals surface area contributed by atoms with Crippen molar-refractivity contribution in [2.75, 3.05) is 20.3 Å². The van der Waals surface area contributed by atoms with Crippen LogP contribution in [0.2, 0.25) is 0 Å². The Hall–Kier alpha value is -0.120. The van der Waals surface area contributed by atoms with Gasteiger partial charge in [0.1, 0.15) is 6.10 Å². The summed E-state index contributed by atoms with van der Waals surface area (Å²) in [7, 11) is 1.58. The molecule has 0 aliphatic heterocycles. The van der Waals surface area contributed by atoms with Crippen LogP contribution in [-0.2, 0) is 9.47 Å². The van der Waals surface area contributed by atoms with Gasteiger partial charge in [0.2, 0.25) is 0 Å².